The second-order valence-electron chi connectivity index (χ2n) is 3.40. The first-order valence-electron chi connectivity index (χ1n) is 4.80. The zero-order chi connectivity index (χ0) is 11.5. The molecular formula is C12H10ClFN2. The number of benzene rings is 1. The van der Waals surface area contributed by atoms with Crippen LogP contribution in [0.15, 0.2) is 36.5 Å². The quantitative estimate of drug-likeness (QED) is 0.800. The van der Waals surface area contributed by atoms with E-state index in [1.54, 1.807) is 31.3 Å². The van der Waals surface area contributed by atoms with E-state index in [1.165, 1.54) is 6.07 Å². The third-order valence-electron chi connectivity index (χ3n) is 2.27. The van der Waals surface area contributed by atoms with Crippen LogP contribution in [0.5, 0.6) is 0 Å². The van der Waals surface area contributed by atoms with Gasteiger partial charge in [-0.25, -0.2) is 9.37 Å². The van der Waals surface area contributed by atoms with Gasteiger partial charge in [0.2, 0.25) is 0 Å². The van der Waals surface area contributed by atoms with Crippen LogP contribution in [0, 0.1) is 12.7 Å². The first kappa shape index (κ1) is 10.9. The molecule has 0 amide bonds. The summed E-state index contributed by atoms with van der Waals surface area (Å²) in [5, 5.41) is 3.49. The third kappa shape index (κ3) is 2.31. The Hall–Kier alpha value is -1.61. The van der Waals surface area contributed by atoms with E-state index in [9.17, 15) is 4.39 Å². The highest BCUT2D eigenvalue weighted by atomic mass is 35.5. The fraction of sp³-hybridized carbons (Fsp3) is 0.0833. The molecule has 82 valence electrons. The van der Waals surface area contributed by atoms with E-state index < -0.39 is 0 Å². The molecule has 2 nitrogen and oxygen atoms in total. The SMILES string of the molecule is Cc1c(F)cccc1Nc1ccnc(Cl)c1. The van der Waals surface area contributed by atoms with Crippen molar-refractivity contribution in [1.82, 2.24) is 4.98 Å². The largest absolute Gasteiger partial charge is 0.355 e. The Morgan fingerprint density at radius 3 is 2.88 bits per heavy atom. The Labute approximate surface area is 98.1 Å². The van der Waals surface area contributed by atoms with Gasteiger partial charge >= 0.3 is 0 Å². The predicted molar refractivity (Wildman–Crippen MR) is 63.7 cm³/mol. The molecule has 2 aromatic rings. The van der Waals surface area contributed by atoms with Gasteiger partial charge in [-0.1, -0.05) is 17.7 Å². The molecule has 1 N–H and O–H groups in total. The molecule has 0 saturated carbocycles. The highest BCUT2D eigenvalue weighted by Crippen LogP contribution is 2.23. The summed E-state index contributed by atoms with van der Waals surface area (Å²) in [4.78, 5) is 3.87. The predicted octanol–water partition coefficient (Wildman–Crippen LogP) is 3.93. The van der Waals surface area contributed by atoms with Crippen molar-refractivity contribution in [2.45, 2.75) is 6.92 Å². The highest BCUT2D eigenvalue weighted by molar-refractivity contribution is 6.29. The van der Waals surface area contributed by atoms with Crippen LogP contribution in [0.4, 0.5) is 15.8 Å². The van der Waals surface area contributed by atoms with Crippen molar-refractivity contribution in [2.24, 2.45) is 0 Å². The number of halogens is 2. The van der Waals surface area contributed by atoms with Gasteiger partial charge in [0, 0.05) is 23.1 Å². The summed E-state index contributed by atoms with van der Waals surface area (Å²) < 4.78 is 13.3. The minimum Gasteiger partial charge on any atom is -0.355 e. The number of anilines is 2. The Balaban J connectivity index is 2.31. The van der Waals surface area contributed by atoms with Crippen LogP contribution in [0.1, 0.15) is 5.56 Å². The second kappa shape index (κ2) is 4.49. The van der Waals surface area contributed by atoms with Crippen LogP contribution in [-0.4, -0.2) is 4.98 Å². The van der Waals surface area contributed by atoms with Gasteiger partial charge in [-0.3, -0.25) is 0 Å². The van der Waals surface area contributed by atoms with Crippen LogP contribution in [0.25, 0.3) is 0 Å². The maximum atomic E-state index is 13.3. The van der Waals surface area contributed by atoms with Gasteiger partial charge in [0.15, 0.2) is 0 Å². The van der Waals surface area contributed by atoms with Gasteiger partial charge in [-0.2, -0.15) is 0 Å². The maximum absolute atomic E-state index is 13.3. The molecule has 16 heavy (non-hydrogen) atoms. The van der Waals surface area contributed by atoms with E-state index in [1.807, 2.05) is 6.07 Å². The zero-order valence-corrected chi connectivity index (χ0v) is 9.42. The lowest BCUT2D eigenvalue weighted by molar-refractivity contribution is 0.619. The van der Waals surface area contributed by atoms with Crippen LogP contribution in [0.3, 0.4) is 0 Å². The molecule has 0 aliphatic rings. The van der Waals surface area contributed by atoms with E-state index in [4.69, 9.17) is 11.6 Å². The number of nitrogens with one attached hydrogen (secondary N) is 1. The third-order valence-corrected chi connectivity index (χ3v) is 2.48. The second-order valence-corrected chi connectivity index (χ2v) is 3.79. The average Bonchev–Trinajstić information content (AvgIpc) is 2.25. The molecule has 0 atom stereocenters. The number of hydrogen-bond acceptors (Lipinski definition) is 2. The zero-order valence-electron chi connectivity index (χ0n) is 8.67. The highest BCUT2D eigenvalue weighted by Gasteiger charge is 2.03. The van der Waals surface area contributed by atoms with Crippen LogP contribution in [-0.2, 0) is 0 Å². The molecule has 1 aromatic carbocycles. The van der Waals surface area contributed by atoms with Gasteiger partial charge in [-0.15, -0.1) is 0 Å². The van der Waals surface area contributed by atoms with Crippen LogP contribution < -0.4 is 5.32 Å². The summed E-state index contributed by atoms with van der Waals surface area (Å²) in [5.41, 5.74) is 2.09. The molecule has 4 heteroatoms. The van der Waals surface area contributed by atoms with Gasteiger partial charge in [0.1, 0.15) is 11.0 Å². The van der Waals surface area contributed by atoms with Crippen molar-refractivity contribution in [1.29, 1.82) is 0 Å². The summed E-state index contributed by atoms with van der Waals surface area (Å²) >= 11 is 5.76. The lowest BCUT2D eigenvalue weighted by atomic mass is 10.2. The van der Waals surface area contributed by atoms with Crippen molar-refractivity contribution < 1.29 is 4.39 Å². The fourth-order valence-corrected chi connectivity index (χ4v) is 1.55. The standard InChI is InChI=1S/C12H10ClFN2/c1-8-10(14)3-2-4-11(8)16-9-5-6-15-12(13)7-9/h2-7H,1H3,(H,15,16). The van der Waals surface area contributed by atoms with Crippen LogP contribution >= 0.6 is 11.6 Å². The summed E-state index contributed by atoms with van der Waals surface area (Å²) in [5.74, 6) is -0.231. The maximum Gasteiger partial charge on any atom is 0.131 e. The number of aromatic nitrogens is 1. The van der Waals surface area contributed by atoms with E-state index in [0.29, 0.717) is 10.7 Å². The number of pyridine rings is 1. The lowest BCUT2D eigenvalue weighted by Crippen LogP contribution is -1.95. The number of hydrogen-bond donors (Lipinski definition) is 1. The van der Waals surface area contributed by atoms with Gasteiger partial charge < -0.3 is 5.32 Å². The molecule has 1 heterocycles. The van der Waals surface area contributed by atoms with Crippen molar-refractivity contribution in [2.75, 3.05) is 5.32 Å². The summed E-state index contributed by atoms with van der Waals surface area (Å²) in [6.45, 7) is 1.72. The van der Waals surface area contributed by atoms with Crippen molar-refractivity contribution in [3.8, 4) is 0 Å². The molecule has 0 bridgehead atoms. The first-order valence-corrected chi connectivity index (χ1v) is 5.18. The molecule has 0 radical (unpaired) electrons. The lowest BCUT2D eigenvalue weighted by Gasteiger charge is -2.09. The fourth-order valence-electron chi connectivity index (χ4n) is 1.38. The smallest absolute Gasteiger partial charge is 0.131 e. The van der Waals surface area contributed by atoms with E-state index in [-0.39, 0.29) is 5.82 Å². The topological polar surface area (TPSA) is 24.9 Å². The van der Waals surface area contributed by atoms with Crippen molar-refractivity contribution in [3.05, 3.63) is 53.1 Å². The van der Waals surface area contributed by atoms with Crippen LogP contribution in [0.2, 0.25) is 5.15 Å². The molecule has 0 unspecified atom stereocenters. The molecule has 1 aromatic heterocycles. The van der Waals surface area contributed by atoms with E-state index >= 15 is 0 Å². The molecule has 0 saturated heterocycles. The first-order chi connectivity index (χ1) is 7.66. The summed E-state index contributed by atoms with van der Waals surface area (Å²) in [6, 6.07) is 8.36. The Kier molecular flexibility index (Phi) is 3.06. The Morgan fingerprint density at radius 1 is 1.31 bits per heavy atom. The molecular weight excluding hydrogens is 227 g/mol. The summed E-state index contributed by atoms with van der Waals surface area (Å²) in [7, 11) is 0. The van der Waals surface area contributed by atoms with Crippen molar-refractivity contribution >= 4 is 23.0 Å². The van der Waals surface area contributed by atoms with Crippen molar-refractivity contribution in [3.63, 3.8) is 0 Å². The van der Waals surface area contributed by atoms with E-state index in [0.717, 1.165) is 11.4 Å². The monoisotopic (exact) mass is 236 g/mol. The Bertz CT molecular complexity index is 514. The van der Waals surface area contributed by atoms with Gasteiger partial charge in [0.25, 0.3) is 0 Å². The van der Waals surface area contributed by atoms with Gasteiger partial charge in [-0.05, 0) is 31.2 Å². The Morgan fingerprint density at radius 2 is 2.12 bits per heavy atom. The molecule has 0 aliphatic heterocycles. The van der Waals surface area contributed by atoms with Gasteiger partial charge in [0.05, 0.1) is 0 Å². The molecule has 2 rings (SSSR count). The van der Waals surface area contributed by atoms with E-state index in [2.05, 4.69) is 10.3 Å². The molecule has 0 spiro atoms. The average molecular weight is 237 g/mol. The normalized spacial score (nSPS) is 10.2. The minimum absolute atomic E-state index is 0.231. The number of nitrogens with zero attached hydrogens (tertiary/aromatic N) is 1. The minimum atomic E-state index is -0.231. The molecule has 0 fully saturated rings. The molecule has 0 aliphatic carbocycles. The summed E-state index contributed by atoms with van der Waals surface area (Å²) in [6.07, 6.45) is 1.60. The number of rotatable bonds is 2.